The van der Waals surface area contributed by atoms with E-state index < -0.39 is 5.60 Å². The van der Waals surface area contributed by atoms with Crippen LogP contribution in [0.3, 0.4) is 0 Å². The van der Waals surface area contributed by atoms with Crippen LogP contribution in [0.25, 0.3) is 0 Å². The van der Waals surface area contributed by atoms with E-state index in [0.29, 0.717) is 18.8 Å². The minimum atomic E-state index is -0.867. The third kappa shape index (κ3) is 4.61. The molecule has 2 aliphatic rings. The average Bonchev–Trinajstić information content (AvgIpc) is 2.61. The molecule has 160 valence electrons. The highest BCUT2D eigenvalue weighted by atomic mass is 16.5. The lowest BCUT2D eigenvalue weighted by atomic mass is 9.57. The van der Waals surface area contributed by atoms with Crippen molar-refractivity contribution < 1.29 is 19.4 Å². The first-order valence-corrected chi connectivity index (χ1v) is 10.9. The van der Waals surface area contributed by atoms with Crippen molar-refractivity contribution in [2.75, 3.05) is 6.54 Å². The molecule has 1 N–H and O–H groups in total. The molecule has 1 unspecified atom stereocenters. The Morgan fingerprint density at radius 1 is 1.32 bits per heavy atom. The van der Waals surface area contributed by atoms with Gasteiger partial charge in [0.15, 0.2) is 0 Å². The van der Waals surface area contributed by atoms with Gasteiger partial charge in [0.25, 0.3) is 0 Å². The maximum Gasteiger partial charge on any atom is 0.303 e. The lowest BCUT2D eigenvalue weighted by Gasteiger charge is -2.53. The minimum absolute atomic E-state index is 0.0313. The smallest absolute Gasteiger partial charge is 0.303 e. The molecule has 5 heteroatoms. The van der Waals surface area contributed by atoms with E-state index in [-0.39, 0.29) is 41.8 Å². The standard InChI is InChI=1S/C23H39NO4/c1-8-22(26)24(14(2)3)13-16(5)19-10-9-17(6)23(27)12-21(28-18(7)25)15(4)11-20(19)23/h11,14,16-17,19-21,27H,8-10,12-13H2,1-7H3/t16?,17-,19+,20-,21-,23-/m1/s1. The van der Waals surface area contributed by atoms with Crippen LogP contribution in [0.5, 0.6) is 0 Å². The van der Waals surface area contributed by atoms with Gasteiger partial charge in [0.1, 0.15) is 6.10 Å². The first-order valence-electron chi connectivity index (χ1n) is 10.9. The predicted molar refractivity (Wildman–Crippen MR) is 111 cm³/mol. The van der Waals surface area contributed by atoms with Crippen molar-refractivity contribution >= 4 is 11.9 Å². The van der Waals surface area contributed by atoms with Crippen LogP contribution in [0.4, 0.5) is 0 Å². The zero-order valence-electron chi connectivity index (χ0n) is 18.7. The number of fused-ring (bicyclic) bond motifs is 1. The molecule has 1 saturated carbocycles. The van der Waals surface area contributed by atoms with E-state index in [1.54, 1.807) is 0 Å². The molecule has 5 nitrogen and oxygen atoms in total. The van der Waals surface area contributed by atoms with E-state index in [0.717, 1.165) is 25.0 Å². The molecule has 0 saturated heterocycles. The van der Waals surface area contributed by atoms with Crippen LogP contribution in [0.15, 0.2) is 11.6 Å². The van der Waals surface area contributed by atoms with E-state index in [9.17, 15) is 14.7 Å². The molecule has 0 aromatic heterocycles. The maximum atomic E-state index is 12.4. The first kappa shape index (κ1) is 22.9. The molecule has 0 spiro atoms. The number of ether oxygens (including phenoxy) is 1. The molecular weight excluding hydrogens is 354 g/mol. The number of carbonyl (C=O) groups is 2. The van der Waals surface area contributed by atoms with Gasteiger partial charge in [-0.25, -0.2) is 0 Å². The lowest BCUT2D eigenvalue weighted by molar-refractivity contribution is -0.159. The van der Waals surface area contributed by atoms with Crippen LogP contribution in [0.2, 0.25) is 0 Å². The van der Waals surface area contributed by atoms with E-state index in [4.69, 9.17) is 4.74 Å². The van der Waals surface area contributed by atoms with Crippen molar-refractivity contribution in [2.24, 2.45) is 23.7 Å². The van der Waals surface area contributed by atoms with Gasteiger partial charge in [0, 0.05) is 38.3 Å². The quantitative estimate of drug-likeness (QED) is 0.548. The van der Waals surface area contributed by atoms with Crippen LogP contribution < -0.4 is 0 Å². The van der Waals surface area contributed by atoms with E-state index in [2.05, 4.69) is 33.8 Å². The Kier molecular flexibility index (Phi) is 7.35. The SMILES string of the molecule is CCC(=O)N(CC(C)[C@@H]1CC[C@@H](C)[C@]2(O)C[C@@H](OC(C)=O)C(C)=C[C@H]12)C(C)C. The normalized spacial score (nSPS) is 33.7. The van der Waals surface area contributed by atoms with Crippen molar-refractivity contribution in [3.63, 3.8) is 0 Å². The molecule has 0 aliphatic heterocycles. The summed E-state index contributed by atoms with van der Waals surface area (Å²) in [5.74, 6) is 0.660. The van der Waals surface area contributed by atoms with Gasteiger partial charge < -0.3 is 14.7 Å². The third-order valence-corrected chi connectivity index (χ3v) is 7.06. The molecule has 28 heavy (non-hydrogen) atoms. The second kappa shape index (κ2) is 8.98. The van der Waals surface area contributed by atoms with Crippen molar-refractivity contribution in [3.05, 3.63) is 11.6 Å². The average molecular weight is 394 g/mol. The Bertz CT molecular complexity index is 614. The fraction of sp³-hybridized carbons (Fsp3) is 0.826. The summed E-state index contributed by atoms with van der Waals surface area (Å²) in [6, 6.07) is 0.174. The van der Waals surface area contributed by atoms with Gasteiger partial charge in [0.05, 0.1) is 5.60 Å². The van der Waals surface area contributed by atoms with Crippen molar-refractivity contribution in [1.29, 1.82) is 0 Å². The molecule has 0 heterocycles. The fourth-order valence-electron chi connectivity index (χ4n) is 5.25. The van der Waals surface area contributed by atoms with Gasteiger partial charge in [-0.05, 0) is 56.9 Å². The molecule has 1 fully saturated rings. The second-order valence-corrected chi connectivity index (χ2v) is 9.34. The number of aliphatic hydroxyl groups is 1. The third-order valence-electron chi connectivity index (χ3n) is 7.06. The molecule has 0 bridgehead atoms. The number of carbonyl (C=O) groups excluding carboxylic acids is 2. The maximum absolute atomic E-state index is 12.4. The number of amides is 1. The first-order chi connectivity index (χ1) is 13.0. The predicted octanol–water partition coefficient (Wildman–Crippen LogP) is 3.94. The molecule has 0 radical (unpaired) electrons. The van der Waals surface area contributed by atoms with E-state index in [1.165, 1.54) is 6.92 Å². The number of rotatable bonds is 6. The number of hydrogen-bond donors (Lipinski definition) is 1. The molecule has 2 rings (SSSR count). The summed E-state index contributed by atoms with van der Waals surface area (Å²) >= 11 is 0. The fourth-order valence-corrected chi connectivity index (χ4v) is 5.25. The van der Waals surface area contributed by atoms with Crippen LogP contribution in [-0.4, -0.2) is 46.2 Å². The van der Waals surface area contributed by atoms with Crippen molar-refractivity contribution in [2.45, 2.75) is 91.9 Å². The molecule has 6 atom stereocenters. The number of esters is 1. The molecule has 2 aliphatic carbocycles. The Morgan fingerprint density at radius 2 is 1.96 bits per heavy atom. The molecule has 0 aromatic rings. The van der Waals surface area contributed by atoms with Crippen LogP contribution in [-0.2, 0) is 14.3 Å². The number of hydrogen-bond acceptors (Lipinski definition) is 4. The Labute approximate surface area is 170 Å². The minimum Gasteiger partial charge on any atom is -0.458 e. The summed E-state index contributed by atoms with van der Waals surface area (Å²) in [5.41, 5.74) is 0.162. The highest BCUT2D eigenvalue weighted by Gasteiger charge is 2.52. The Balaban J connectivity index is 2.27. The summed E-state index contributed by atoms with van der Waals surface area (Å²) in [5, 5.41) is 11.7. The van der Waals surface area contributed by atoms with Crippen LogP contribution in [0, 0.1) is 23.7 Å². The molecular formula is C23H39NO4. The van der Waals surface area contributed by atoms with Crippen molar-refractivity contribution in [3.8, 4) is 0 Å². The Hall–Kier alpha value is -1.36. The van der Waals surface area contributed by atoms with Gasteiger partial charge in [0.2, 0.25) is 5.91 Å². The zero-order chi connectivity index (χ0) is 21.2. The van der Waals surface area contributed by atoms with E-state index >= 15 is 0 Å². The molecule has 1 amide bonds. The monoisotopic (exact) mass is 393 g/mol. The number of nitrogens with zero attached hydrogens (tertiary/aromatic N) is 1. The molecule has 0 aromatic carbocycles. The van der Waals surface area contributed by atoms with Crippen molar-refractivity contribution in [1.82, 2.24) is 4.90 Å². The van der Waals surface area contributed by atoms with Crippen LogP contribution in [0.1, 0.15) is 74.1 Å². The zero-order valence-corrected chi connectivity index (χ0v) is 18.7. The van der Waals surface area contributed by atoms with Gasteiger partial charge in [-0.1, -0.05) is 26.8 Å². The second-order valence-electron chi connectivity index (χ2n) is 9.34. The van der Waals surface area contributed by atoms with Gasteiger partial charge in [-0.2, -0.15) is 0 Å². The largest absolute Gasteiger partial charge is 0.458 e. The van der Waals surface area contributed by atoms with Gasteiger partial charge >= 0.3 is 5.97 Å². The highest BCUT2D eigenvalue weighted by Crippen LogP contribution is 2.51. The summed E-state index contributed by atoms with van der Waals surface area (Å²) in [6.07, 6.45) is 4.78. The highest BCUT2D eigenvalue weighted by molar-refractivity contribution is 5.76. The summed E-state index contributed by atoms with van der Waals surface area (Å²) in [7, 11) is 0. The topological polar surface area (TPSA) is 66.8 Å². The van der Waals surface area contributed by atoms with Crippen LogP contribution >= 0.6 is 0 Å². The van der Waals surface area contributed by atoms with E-state index in [1.807, 2.05) is 18.7 Å². The lowest BCUT2D eigenvalue weighted by Crippen LogP contribution is -2.56. The Morgan fingerprint density at radius 3 is 2.50 bits per heavy atom. The van der Waals surface area contributed by atoms with Gasteiger partial charge in [-0.15, -0.1) is 0 Å². The summed E-state index contributed by atoms with van der Waals surface area (Å²) in [4.78, 5) is 25.8. The van der Waals surface area contributed by atoms with Gasteiger partial charge in [-0.3, -0.25) is 9.59 Å². The summed E-state index contributed by atoms with van der Waals surface area (Å²) < 4.78 is 5.48. The summed E-state index contributed by atoms with van der Waals surface area (Å²) in [6.45, 7) is 14.5.